The molecule has 1 rings (SSSR count). The van der Waals surface area contributed by atoms with Crippen LogP contribution < -0.4 is 0 Å². The highest BCUT2D eigenvalue weighted by molar-refractivity contribution is 14.1. The van der Waals surface area contributed by atoms with Gasteiger partial charge in [-0.25, -0.2) is 4.79 Å². The van der Waals surface area contributed by atoms with Crippen molar-refractivity contribution in [3.8, 4) is 0 Å². The fraction of sp³-hybridized carbons (Fsp3) is 0.364. The lowest BCUT2D eigenvalue weighted by molar-refractivity contribution is -0.164. The fourth-order valence-electron chi connectivity index (χ4n) is 1.16. The lowest BCUT2D eigenvalue weighted by atomic mass is 9.96. The summed E-state index contributed by atoms with van der Waals surface area (Å²) in [6, 6.07) is 7.12. The third-order valence-electron chi connectivity index (χ3n) is 2.08. The minimum atomic E-state index is -1.57. The normalized spacial score (nSPS) is 14.4. The van der Waals surface area contributed by atoms with Crippen LogP contribution in [0.5, 0.6) is 0 Å². The van der Waals surface area contributed by atoms with E-state index >= 15 is 0 Å². The Balaban J connectivity index is 2.94. The molecule has 0 saturated heterocycles. The molecule has 1 aromatic rings. The van der Waals surface area contributed by atoms with Crippen molar-refractivity contribution in [3.05, 3.63) is 33.4 Å². The number of carbonyl (C=O) groups excluding carboxylic acids is 1. The van der Waals surface area contributed by atoms with E-state index < -0.39 is 11.6 Å². The molecule has 15 heavy (non-hydrogen) atoms. The van der Waals surface area contributed by atoms with Gasteiger partial charge in [0.25, 0.3) is 0 Å². The number of esters is 1. The minimum Gasteiger partial charge on any atom is -0.464 e. The van der Waals surface area contributed by atoms with Crippen molar-refractivity contribution in [1.29, 1.82) is 0 Å². The maximum Gasteiger partial charge on any atom is 0.342 e. The van der Waals surface area contributed by atoms with Crippen molar-refractivity contribution in [2.75, 3.05) is 6.61 Å². The van der Waals surface area contributed by atoms with Gasteiger partial charge >= 0.3 is 5.97 Å². The Hall–Kier alpha value is -0.620. The van der Waals surface area contributed by atoms with Gasteiger partial charge in [0.05, 0.1) is 6.61 Å². The summed E-state index contributed by atoms with van der Waals surface area (Å²) in [5, 5.41) is 10.00. The molecule has 1 atom stereocenters. The van der Waals surface area contributed by atoms with Crippen LogP contribution in [0.1, 0.15) is 19.4 Å². The largest absolute Gasteiger partial charge is 0.464 e. The van der Waals surface area contributed by atoms with Crippen molar-refractivity contribution >= 4 is 28.6 Å². The topological polar surface area (TPSA) is 46.5 Å². The van der Waals surface area contributed by atoms with E-state index in [1.807, 2.05) is 12.1 Å². The maximum absolute atomic E-state index is 11.5. The van der Waals surface area contributed by atoms with Gasteiger partial charge in [-0.3, -0.25) is 0 Å². The maximum atomic E-state index is 11.5. The summed E-state index contributed by atoms with van der Waals surface area (Å²) in [4.78, 5) is 11.5. The number of carbonyl (C=O) groups is 1. The van der Waals surface area contributed by atoms with E-state index in [2.05, 4.69) is 22.6 Å². The molecule has 3 nitrogen and oxygen atoms in total. The smallest absolute Gasteiger partial charge is 0.342 e. The Morgan fingerprint density at radius 2 is 2.00 bits per heavy atom. The Morgan fingerprint density at radius 1 is 1.47 bits per heavy atom. The molecule has 4 heteroatoms. The van der Waals surface area contributed by atoms with Gasteiger partial charge in [0.15, 0.2) is 5.60 Å². The number of hydrogen-bond donors (Lipinski definition) is 1. The van der Waals surface area contributed by atoms with E-state index in [0.29, 0.717) is 5.56 Å². The molecule has 0 radical (unpaired) electrons. The average molecular weight is 320 g/mol. The van der Waals surface area contributed by atoms with E-state index in [-0.39, 0.29) is 6.61 Å². The van der Waals surface area contributed by atoms with Crippen LogP contribution in [0.2, 0.25) is 0 Å². The summed E-state index contributed by atoms with van der Waals surface area (Å²) >= 11 is 2.16. The van der Waals surface area contributed by atoms with E-state index in [9.17, 15) is 9.90 Å². The standard InChI is InChI=1S/C11H13IO3/c1-3-15-10(13)11(2,14)8-4-6-9(12)7-5-8/h4-7,14H,3H2,1-2H3. The first-order chi connectivity index (χ1) is 6.98. The number of rotatable bonds is 3. The zero-order valence-electron chi connectivity index (χ0n) is 8.66. The first kappa shape index (κ1) is 12.4. The van der Waals surface area contributed by atoms with Crippen LogP contribution in [0.25, 0.3) is 0 Å². The second-order valence-electron chi connectivity index (χ2n) is 3.30. The van der Waals surface area contributed by atoms with Crippen LogP contribution in [0.15, 0.2) is 24.3 Å². The highest BCUT2D eigenvalue weighted by Crippen LogP contribution is 2.22. The van der Waals surface area contributed by atoms with Crippen LogP contribution in [0.4, 0.5) is 0 Å². The molecule has 0 fully saturated rings. The second-order valence-corrected chi connectivity index (χ2v) is 4.55. The zero-order valence-corrected chi connectivity index (χ0v) is 10.8. The Kier molecular flexibility index (Phi) is 4.10. The third kappa shape index (κ3) is 2.92. The van der Waals surface area contributed by atoms with E-state index in [1.54, 1.807) is 19.1 Å². The molecule has 0 saturated carbocycles. The average Bonchev–Trinajstić information content (AvgIpc) is 2.18. The van der Waals surface area contributed by atoms with Gasteiger partial charge in [0.2, 0.25) is 0 Å². The fourth-order valence-corrected chi connectivity index (χ4v) is 1.52. The Morgan fingerprint density at radius 3 is 2.47 bits per heavy atom. The molecule has 0 aliphatic carbocycles. The van der Waals surface area contributed by atoms with Crippen molar-refractivity contribution in [2.24, 2.45) is 0 Å². The minimum absolute atomic E-state index is 0.263. The van der Waals surface area contributed by atoms with Crippen LogP contribution in [0.3, 0.4) is 0 Å². The van der Waals surface area contributed by atoms with Gasteiger partial charge in [0, 0.05) is 3.57 Å². The Bertz CT molecular complexity index is 343. The lowest BCUT2D eigenvalue weighted by Crippen LogP contribution is -2.34. The van der Waals surface area contributed by atoms with Gasteiger partial charge in [-0.2, -0.15) is 0 Å². The van der Waals surface area contributed by atoms with Crippen molar-refractivity contribution < 1.29 is 14.6 Å². The summed E-state index contributed by atoms with van der Waals surface area (Å²) in [5.74, 6) is -0.619. The molecule has 0 amide bonds. The molecular weight excluding hydrogens is 307 g/mol. The van der Waals surface area contributed by atoms with Gasteiger partial charge in [-0.05, 0) is 54.1 Å². The summed E-state index contributed by atoms with van der Waals surface area (Å²) in [5.41, 5.74) is -1.03. The van der Waals surface area contributed by atoms with Crippen LogP contribution in [-0.2, 0) is 15.1 Å². The quantitative estimate of drug-likeness (QED) is 0.685. The first-order valence-corrected chi connectivity index (χ1v) is 5.72. The van der Waals surface area contributed by atoms with E-state index in [1.165, 1.54) is 6.92 Å². The molecule has 0 spiro atoms. The predicted octanol–water partition coefficient (Wildman–Crippen LogP) is 2.06. The second kappa shape index (κ2) is 4.94. The molecule has 1 aromatic carbocycles. The molecule has 1 N–H and O–H groups in total. The molecule has 0 heterocycles. The molecule has 0 aliphatic rings. The zero-order chi connectivity index (χ0) is 11.5. The van der Waals surface area contributed by atoms with E-state index in [0.717, 1.165) is 3.57 Å². The van der Waals surface area contributed by atoms with Crippen LogP contribution in [0, 0.1) is 3.57 Å². The van der Waals surface area contributed by atoms with Crippen LogP contribution in [-0.4, -0.2) is 17.7 Å². The SMILES string of the molecule is CCOC(=O)C(C)(O)c1ccc(I)cc1. The van der Waals surface area contributed by atoms with Gasteiger partial charge in [0.1, 0.15) is 0 Å². The molecule has 0 aliphatic heterocycles. The van der Waals surface area contributed by atoms with Crippen molar-refractivity contribution in [3.63, 3.8) is 0 Å². The monoisotopic (exact) mass is 320 g/mol. The van der Waals surface area contributed by atoms with E-state index in [4.69, 9.17) is 4.74 Å². The number of aliphatic hydroxyl groups is 1. The summed E-state index contributed by atoms with van der Waals surface area (Å²) in [6.45, 7) is 3.41. The van der Waals surface area contributed by atoms with Crippen molar-refractivity contribution in [2.45, 2.75) is 19.4 Å². The highest BCUT2D eigenvalue weighted by Gasteiger charge is 2.33. The lowest BCUT2D eigenvalue weighted by Gasteiger charge is -2.21. The van der Waals surface area contributed by atoms with Gasteiger partial charge < -0.3 is 9.84 Å². The third-order valence-corrected chi connectivity index (χ3v) is 2.80. The Labute approximate surface area is 103 Å². The number of hydrogen-bond acceptors (Lipinski definition) is 3. The summed E-state index contributed by atoms with van der Waals surface area (Å²) in [7, 11) is 0. The number of halogens is 1. The summed E-state index contributed by atoms with van der Waals surface area (Å²) in [6.07, 6.45) is 0. The van der Waals surface area contributed by atoms with Crippen molar-refractivity contribution in [1.82, 2.24) is 0 Å². The molecular formula is C11H13IO3. The molecule has 0 aromatic heterocycles. The number of benzene rings is 1. The first-order valence-electron chi connectivity index (χ1n) is 4.64. The number of ether oxygens (including phenoxy) is 1. The van der Waals surface area contributed by atoms with Gasteiger partial charge in [-0.15, -0.1) is 0 Å². The predicted molar refractivity (Wildman–Crippen MR) is 65.4 cm³/mol. The summed E-state index contributed by atoms with van der Waals surface area (Å²) < 4.78 is 5.85. The highest BCUT2D eigenvalue weighted by atomic mass is 127. The molecule has 0 bridgehead atoms. The molecule has 82 valence electrons. The molecule has 1 unspecified atom stereocenters. The van der Waals surface area contributed by atoms with Gasteiger partial charge in [-0.1, -0.05) is 12.1 Å². The van der Waals surface area contributed by atoms with Crippen LogP contribution >= 0.6 is 22.6 Å².